The van der Waals surface area contributed by atoms with Crippen molar-refractivity contribution >= 4 is 23.7 Å². The number of rotatable bonds is 2. The highest BCUT2D eigenvalue weighted by atomic mass is 35.5. The molecule has 1 fully saturated rings. The van der Waals surface area contributed by atoms with Crippen molar-refractivity contribution in [2.75, 3.05) is 13.1 Å². The molecule has 0 amide bonds. The molecule has 5 heteroatoms. The summed E-state index contributed by atoms with van der Waals surface area (Å²) in [5.74, 6) is 0. The van der Waals surface area contributed by atoms with Gasteiger partial charge in [0.05, 0.1) is 6.54 Å². The zero-order valence-corrected chi connectivity index (χ0v) is 14.2. The molecule has 1 aromatic rings. The molecule has 0 saturated carbocycles. The average Bonchev–Trinajstić information content (AvgIpc) is 2.72. The molecule has 2 atom stereocenters. The van der Waals surface area contributed by atoms with E-state index in [1.807, 2.05) is 11.3 Å². The van der Waals surface area contributed by atoms with Crippen molar-refractivity contribution in [3.63, 3.8) is 0 Å². The molecular formula is C14H26ClN3S. The monoisotopic (exact) mass is 303 g/mol. The molecule has 0 aliphatic carbocycles. The van der Waals surface area contributed by atoms with E-state index in [1.165, 1.54) is 9.88 Å². The fourth-order valence-corrected chi connectivity index (χ4v) is 3.35. The molecule has 0 bridgehead atoms. The second-order valence-electron chi connectivity index (χ2n) is 6.40. The number of halogens is 1. The average molecular weight is 304 g/mol. The van der Waals surface area contributed by atoms with Crippen LogP contribution in [0.25, 0.3) is 0 Å². The van der Waals surface area contributed by atoms with Gasteiger partial charge in [0.2, 0.25) is 0 Å². The van der Waals surface area contributed by atoms with Gasteiger partial charge < -0.3 is 5.32 Å². The summed E-state index contributed by atoms with van der Waals surface area (Å²) in [4.78, 5) is 8.54. The molecule has 2 rings (SSSR count). The van der Waals surface area contributed by atoms with Crippen LogP contribution in [0.3, 0.4) is 0 Å². The van der Waals surface area contributed by atoms with Crippen molar-refractivity contribution in [3.8, 4) is 0 Å². The number of piperazine rings is 1. The van der Waals surface area contributed by atoms with Gasteiger partial charge in [-0.05, 0) is 19.3 Å². The standard InChI is InChI=1S/C14H25N3S.ClH/c1-10-6-15-7-11(2)17(10)9-13-16-8-12(18-13)14(3,4)5;/h8,10-11,15H,6-7,9H2,1-5H3;1H/t10-,11+;. The summed E-state index contributed by atoms with van der Waals surface area (Å²) < 4.78 is 0. The van der Waals surface area contributed by atoms with Crippen LogP contribution < -0.4 is 5.32 Å². The number of aromatic nitrogens is 1. The fraction of sp³-hybridized carbons (Fsp3) is 0.786. The van der Waals surface area contributed by atoms with Gasteiger partial charge in [0, 0.05) is 36.2 Å². The predicted octanol–water partition coefficient (Wildman–Crippen LogP) is 3.04. The van der Waals surface area contributed by atoms with Gasteiger partial charge in [-0.1, -0.05) is 20.8 Å². The lowest BCUT2D eigenvalue weighted by molar-refractivity contribution is 0.108. The number of thiazole rings is 1. The third-order valence-electron chi connectivity index (χ3n) is 3.62. The highest BCUT2D eigenvalue weighted by Crippen LogP contribution is 2.28. The Morgan fingerprint density at radius 3 is 2.37 bits per heavy atom. The second kappa shape index (κ2) is 6.53. The third-order valence-corrected chi connectivity index (χ3v) is 5.03. The van der Waals surface area contributed by atoms with Crippen molar-refractivity contribution < 1.29 is 0 Å². The molecule has 1 N–H and O–H groups in total. The van der Waals surface area contributed by atoms with E-state index >= 15 is 0 Å². The van der Waals surface area contributed by atoms with Crippen molar-refractivity contribution in [2.24, 2.45) is 0 Å². The highest BCUT2D eigenvalue weighted by Gasteiger charge is 2.26. The summed E-state index contributed by atoms with van der Waals surface area (Å²) in [6, 6.07) is 1.19. The Morgan fingerprint density at radius 2 is 1.89 bits per heavy atom. The summed E-state index contributed by atoms with van der Waals surface area (Å²) in [7, 11) is 0. The molecule has 1 aliphatic rings. The van der Waals surface area contributed by atoms with Crippen molar-refractivity contribution in [3.05, 3.63) is 16.1 Å². The first-order valence-corrected chi connectivity index (χ1v) is 7.61. The zero-order chi connectivity index (χ0) is 13.3. The molecule has 3 nitrogen and oxygen atoms in total. The zero-order valence-electron chi connectivity index (χ0n) is 12.6. The smallest absolute Gasteiger partial charge is 0.107 e. The number of hydrogen-bond acceptors (Lipinski definition) is 4. The molecule has 0 aromatic carbocycles. The predicted molar refractivity (Wildman–Crippen MR) is 85.4 cm³/mol. The van der Waals surface area contributed by atoms with Gasteiger partial charge in [0.25, 0.3) is 0 Å². The van der Waals surface area contributed by atoms with Crippen LogP contribution in [0.4, 0.5) is 0 Å². The van der Waals surface area contributed by atoms with Crippen LogP contribution >= 0.6 is 23.7 Å². The summed E-state index contributed by atoms with van der Waals surface area (Å²) >= 11 is 1.86. The van der Waals surface area contributed by atoms with E-state index in [0.29, 0.717) is 12.1 Å². The van der Waals surface area contributed by atoms with E-state index in [1.54, 1.807) is 0 Å². The molecule has 110 valence electrons. The van der Waals surface area contributed by atoms with Crippen LogP contribution in [0, 0.1) is 0 Å². The lowest BCUT2D eigenvalue weighted by Gasteiger charge is -2.38. The minimum absolute atomic E-state index is 0. The van der Waals surface area contributed by atoms with Crippen LogP contribution in [0.5, 0.6) is 0 Å². The van der Waals surface area contributed by atoms with Crippen molar-refractivity contribution in [2.45, 2.75) is 58.7 Å². The van der Waals surface area contributed by atoms with Gasteiger partial charge in [0.15, 0.2) is 0 Å². The Morgan fingerprint density at radius 1 is 1.32 bits per heavy atom. The number of nitrogens with one attached hydrogen (secondary N) is 1. The molecule has 1 aliphatic heterocycles. The van der Waals surface area contributed by atoms with Gasteiger partial charge in [-0.15, -0.1) is 23.7 Å². The van der Waals surface area contributed by atoms with Gasteiger partial charge >= 0.3 is 0 Å². The van der Waals surface area contributed by atoms with E-state index in [0.717, 1.165) is 19.6 Å². The van der Waals surface area contributed by atoms with Crippen molar-refractivity contribution in [1.29, 1.82) is 0 Å². The molecule has 1 aromatic heterocycles. The minimum Gasteiger partial charge on any atom is -0.314 e. The van der Waals surface area contributed by atoms with E-state index in [-0.39, 0.29) is 17.8 Å². The fourth-order valence-electron chi connectivity index (χ4n) is 2.37. The van der Waals surface area contributed by atoms with Crippen LogP contribution in [-0.2, 0) is 12.0 Å². The van der Waals surface area contributed by atoms with Crippen LogP contribution in [0.2, 0.25) is 0 Å². The summed E-state index contributed by atoms with van der Waals surface area (Å²) in [5, 5.41) is 4.72. The van der Waals surface area contributed by atoms with Crippen molar-refractivity contribution in [1.82, 2.24) is 15.2 Å². The Balaban J connectivity index is 0.00000180. The molecule has 0 radical (unpaired) electrons. The number of nitrogens with zero attached hydrogens (tertiary/aromatic N) is 2. The maximum absolute atomic E-state index is 4.60. The minimum atomic E-state index is 0. The van der Waals surface area contributed by atoms with E-state index in [9.17, 15) is 0 Å². The second-order valence-corrected chi connectivity index (χ2v) is 7.51. The highest BCUT2D eigenvalue weighted by molar-refractivity contribution is 7.11. The Kier molecular flexibility index (Phi) is 5.80. The molecular weight excluding hydrogens is 278 g/mol. The van der Waals surface area contributed by atoms with Gasteiger partial charge in [-0.3, -0.25) is 4.90 Å². The van der Waals surface area contributed by atoms with E-state index in [4.69, 9.17) is 0 Å². The normalized spacial score (nSPS) is 25.1. The SMILES string of the molecule is C[C@@H]1CNC[C@H](C)N1Cc1ncc(C(C)(C)C)s1.Cl. The Labute approximate surface area is 127 Å². The molecule has 1 saturated heterocycles. The van der Waals surface area contributed by atoms with E-state index in [2.05, 4.69) is 56.0 Å². The molecule has 2 heterocycles. The lowest BCUT2D eigenvalue weighted by Crippen LogP contribution is -2.54. The van der Waals surface area contributed by atoms with Crippen LogP contribution in [-0.4, -0.2) is 35.1 Å². The van der Waals surface area contributed by atoms with E-state index < -0.39 is 0 Å². The maximum Gasteiger partial charge on any atom is 0.107 e. The first-order valence-electron chi connectivity index (χ1n) is 6.79. The summed E-state index contributed by atoms with van der Waals surface area (Å²) in [6.07, 6.45) is 2.05. The quantitative estimate of drug-likeness (QED) is 0.910. The largest absolute Gasteiger partial charge is 0.314 e. The summed E-state index contributed by atoms with van der Waals surface area (Å²) in [5.41, 5.74) is 0.219. The first-order chi connectivity index (χ1) is 8.38. The molecule has 0 spiro atoms. The van der Waals surface area contributed by atoms with Crippen LogP contribution in [0.1, 0.15) is 44.5 Å². The lowest BCUT2D eigenvalue weighted by atomic mass is 9.96. The van der Waals surface area contributed by atoms with Gasteiger partial charge in [0.1, 0.15) is 5.01 Å². The topological polar surface area (TPSA) is 28.2 Å². The first kappa shape index (κ1) is 16.9. The van der Waals surface area contributed by atoms with Gasteiger partial charge in [-0.25, -0.2) is 4.98 Å². The van der Waals surface area contributed by atoms with Crippen LogP contribution in [0.15, 0.2) is 6.20 Å². The molecule has 0 unspecified atom stereocenters. The third kappa shape index (κ3) is 4.15. The molecule has 19 heavy (non-hydrogen) atoms. The Hall–Kier alpha value is -0.160. The maximum atomic E-state index is 4.60. The van der Waals surface area contributed by atoms with Gasteiger partial charge in [-0.2, -0.15) is 0 Å². The Bertz CT molecular complexity index is 390. The number of hydrogen-bond donors (Lipinski definition) is 1. The summed E-state index contributed by atoms with van der Waals surface area (Å²) in [6.45, 7) is 14.5.